The average Bonchev–Trinajstić information content (AvgIpc) is 2.33. The van der Waals surface area contributed by atoms with E-state index in [2.05, 4.69) is 46.5 Å². The first-order valence-corrected chi connectivity index (χ1v) is 8.21. The van der Waals surface area contributed by atoms with Crippen molar-refractivity contribution in [3.63, 3.8) is 0 Å². The zero-order valence-electron chi connectivity index (χ0n) is 13.9. The van der Waals surface area contributed by atoms with Crippen LogP contribution in [0.3, 0.4) is 0 Å². The van der Waals surface area contributed by atoms with Gasteiger partial charge in [0.15, 0.2) is 0 Å². The smallest absolute Gasteiger partial charge is 0.00966 e. The minimum Gasteiger partial charge on any atom is -0.312 e. The lowest BCUT2D eigenvalue weighted by Gasteiger charge is -2.38. The number of hydrogen-bond acceptors (Lipinski definition) is 1. The van der Waals surface area contributed by atoms with Gasteiger partial charge < -0.3 is 5.32 Å². The average molecular weight is 265 g/mol. The van der Waals surface area contributed by atoms with E-state index in [-0.39, 0.29) is 5.54 Å². The Bertz CT molecular complexity index is 274. The minimum atomic E-state index is 0.251. The first-order chi connectivity index (χ1) is 8.81. The second-order valence-corrected chi connectivity index (χ2v) is 7.73. The van der Waals surface area contributed by atoms with E-state index in [1.807, 2.05) is 0 Å². The molecule has 3 unspecified atom stereocenters. The molecule has 0 aromatic rings. The lowest BCUT2D eigenvalue weighted by molar-refractivity contribution is 0.155. The maximum Gasteiger partial charge on any atom is 0.00966 e. The molecule has 0 aliphatic heterocycles. The van der Waals surface area contributed by atoms with Gasteiger partial charge in [0, 0.05) is 5.54 Å². The van der Waals surface area contributed by atoms with E-state index < -0.39 is 0 Å². The number of nitrogens with one attached hydrogen (secondary N) is 1. The third-order valence-corrected chi connectivity index (χ3v) is 4.66. The zero-order chi connectivity index (χ0) is 14.5. The molecule has 0 heterocycles. The largest absolute Gasteiger partial charge is 0.312 e. The van der Waals surface area contributed by atoms with Crippen LogP contribution in [0.2, 0.25) is 0 Å². The van der Waals surface area contributed by atoms with Crippen LogP contribution in [0.4, 0.5) is 0 Å². The SMILES string of the molecule is C=C(C)CCC1CC(CC)CCC1CNC(C)(C)C. The fourth-order valence-corrected chi connectivity index (χ4v) is 3.29. The molecule has 1 fully saturated rings. The Morgan fingerprint density at radius 1 is 1.21 bits per heavy atom. The van der Waals surface area contributed by atoms with E-state index in [0.29, 0.717) is 0 Å². The van der Waals surface area contributed by atoms with Crippen LogP contribution < -0.4 is 5.32 Å². The van der Waals surface area contributed by atoms with Crippen molar-refractivity contribution in [3.8, 4) is 0 Å². The van der Waals surface area contributed by atoms with Crippen molar-refractivity contribution in [2.45, 2.75) is 78.7 Å². The second kappa shape index (κ2) is 7.47. The van der Waals surface area contributed by atoms with Gasteiger partial charge in [-0.3, -0.25) is 0 Å². The van der Waals surface area contributed by atoms with Gasteiger partial charge in [0.1, 0.15) is 0 Å². The van der Waals surface area contributed by atoms with Crippen LogP contribution in [-0.2, 0) is 0 Å². The summed E-state index contributed by atoms with van der Waals surface area (Å²) in [7, 11) is 0. The maximum absolute atomic E-state index is 4.07. The Kier molecular flexibility index (Phi) is 6.59. The van der Waals surface area contributed by atoms with E-state index in [9.17, 15) is 0 Å². The maximum atomic E-state index is 4.07. The van der Waals surface area contributed by atoms with Crippen LogP contribution in [0.5, 0.6) is 0 Å². The predicted octanol–water partition coefficient (Wildman–Crippen LogP) is 5.17. The molecule has 19 heavy (non-hydrogen) atoms. The van der Waals surface area contributed by atoms with Crippen LogP contribution in [0.15, 0.2) is 12.2 Å². The summed E-state index contributed by atoms with van der Waals surface area (Å²) >= 11 is 0. The lowest BCUT2D eigenvalue weighted by Crippen LogP contribution is -2.42. The summed E-state index contributed by atoms with van der Waals surface area (Å²) in [5, 5.41) is 3.72. The van der Waals surface area contributed by atoms with E-state index in [0.717, 1.165) is 17.8 Å². The quantitative estimate of drug-likeness (QED) is 0.653. The molecule has 3 atom stereocenters. The van der Waals surface area contributed by atoms with Crippen molar-refractivity contribution in [1.29, 1.82) is 0 Å². The highest BCUT2D eigenvalue weighted by atomic mass is 14.9. The Balaban J connectivity index is 2.52. The molecule has 112 valence electrons. The molecule has 1 rings (SSSR count). The molecule has 0 spiro atoms. The third-order valence-electron chi connectivity index (χ3n) is 4.66. The van der Waals surface area contributed by atoms with Crippen molar-refractivity contribution < 1.29 is 0 Å². The second-order valence-electron chi connectivity index (χ2n) is 7.73. The first-order valence-electron chi connectivity index (χ1n) is 8.21. The van der Waals surface area contributed by atoms with Crippen molar-refractivity contribution in [2.24, 2.45) is 17.8 Å². The predicted molar refractivity (Wildman–Crippen MR) is 86.4 cm³/mol. The molecule has 1 saturated carbocycles. The Morgan fingerprint density at radius 3 is 2.42 bits per heavy atom. The van der Waals surface area contributed by atoms with Crippen molar-refractivity contribution in [2.75, 3.05) is 6.54 Å². The number of rotatable bonds is 6. The molecule has 1 nitrogen and oxygen atoms in total. The fraction of sp³-hybridized carbons (Fsp3) is 0.889. The van der Waals surface area contributed by atoms with Crippen LogP contribution in [-0.4, -0.2) is 12.1 Å². The molecule has 0 radical (unpaired) electrons. The molecule has 0 amide bonds. The van der Waals surface area contributed by atoms with Crippen molar-refractivity contribution >= 4 is 0 Å². The highest BCUT2D eigenvalue weighted by Crippen LogP contribution is 2.38. The summed E-state index contributed by atoms with van der Waals surface area (Å²) in [6, 6.07) is 0. The summed E-state index contributed by atoms with van der Waals surface area (Å²) in [5.74, 6) is 2.76. The van der Waals surface area contributed by atoms with Gasteiger partial charge in [0.05, 0.1) is 0 Å². The van der Waals surface area contributed by atoms with Crippen LogP contribution >= 0.6 is 0 Å². The van der Waals surface area contributed by atoms with E-state index in [1.165, 1.54) is 50.6 Å². The molecule has 1 N–H and O–H groups in total. The molecule has 0 aromatic carbocycles. The van der Waals surface area contributed by atoms with Crippen LogP contribution in [0.1, 0.15) is 73.1 Å². The van der Waals surface area contributed by atoms with Crippen molar-refractivity contribution in [1.82, 2.24) is 5.32 Å². The minimum absolute atomic E-state index is 0.251. The summed E-state index contributed by atoms with van der Waals surface area (Å²) in [4.78, 5) is 0. The third kappa shape index (κ3) is 6.61. The van der Waals surface area contributed by atoms with E-state index >= 15 is 0 Å². The van der Waals surface area contributed by atoms with E-state index in [1.54, 1.807) is 0 Å². The van der Waals surface area contributed by atoms with Gasteiger partial charge in [-0.05, 0) is 77.7 Å². The Hall–Kier alpha value is -0.300. The molecule has 1 aliphatic rings. The number of hydrogen-bond donors (Lipinski definition) is 1. The monoisotopic (exact) mass is 265 g/mol. The zero-order valence-corrected chi connectivity index (χ0v) is 13.9. The summed E-state index contributed by atoms with van der Waals surface area (Å²) in [6.45, 7) is 16.6. The normalized spacial score (nSPS) is 28.4. The van der Waals surface area contributed by atoms with E-state index in [4.69, 9.17) is 0 Å². The van der Waals surface area contributed by atoms with Gasteiger partial charge in [-0.1, -0.05) is 25.3 Å². The first kappa shape index (κ1) is 16.8. The van der Waals surface area contributed by atoms with Gasteiger partial charge in [0.25, 0.3) is 0 Å². The Labute approximate surface area is 121 Å². The van der Waals surface area contributed by atoms with Gasteiger partial charge in [-0.2, -0.15) is 0 Å². The topological polar surface area (TPSA) is 12.0 Å². The van der Waals surface area contributed by atoms with Gasteiger partial charge >= 0.3 is 0 Å². The van der Waals surface area contributed by atoms with Gasteiger partial charge in [0.2, 0.25) is 0 Å². The molecule has 0 saturated heterocycles. The van der Waals surface area contributed by atoms with Crippen LogP contribution in [0, 0.1) is 17.8 Å². The van der Waals surface area contributed by atoms with Gasteiger partial charge in [-0.15, -0.1) is 6.58 Å². The summed E-state index contributed by atoms with van der Waals surface area (Å²) in [5.41, 5.74) is 1.60. The lowest BCUT2D eigenvalue weighted by atomic mass is 9.71. The highest BCUT2D eigenvalue weighted by molar-refractivity contribution is 4.91. The van der Waals surface area contributed by atoms with Gasteiger partial charge in [-0.25, -0.2) is 0 Å². The molecule has 1 heteroatoms. The molecule has 0 aromatic heterocycles. The standard InChI is InChI=1S/C18H35N/c1-7-15-9-11-17(13-19-18(4,5)6)16(12-15)10-8-14(2)3/h15-17,19H,2,7-13H2,1,3-6H3. The highest BCUT2D eigenvalue weighted by Gasteiger charge is 2.29. The number of allylic oxidation sites excluding steroid dienone is 1. The van der Waals surface area contributed by atoms with Crippen molar-refractivity contribution in [3.05, 3.63) is 12.2 Å². The fourth-order valence-electron chi connectivity index (χ4n) is 3.29. The molecule has 0 bridgehead atoms. The molecular weight excluding hydrogens is 230 g/mol. The summed E-state index contributed by atoms with van der Waals surface area (Å²) in [6.07, 6.45) is 8.23. The summed E-state index contributed by atoms with van der Waals surface area (Å²) < 4.78 is 0. The van der Waals surface area contributed by atoms with Crippen LogP contribution in [0.25, 0.3) is 0 Å². The molecular formula is C18H35N. The molecule has 1 aliphatic carbocycles. The Morgan fingerprint density at radius 2 is 1.89 bits per heavy atom.